The number of nitrogens with one attached hydrogen (secondary N) is 2. The highest BCUT2D eigenvalue weighted by atomic mass is 35.5. The van der Waals surface area contributed by atoms with Crippen molar-refractivity contribution in [3.05, 3.63) is 93.3 Å². The summed E-state index contributed by atoms with van der Waals surface area (Å²) in [5, 5.41) is 4.60. The molecule has 232 valence electrons. The van der Waals surface area contributed by atoms with E-state index in [0.29, 0.717) is 12.1 Å². The van der Waals surface area contributed by atoms with Gasteiger partial charge in [-0.25, -0.2) is 13.2 Å². The van der Waals surface area contributed by atoms with Gasteiger partial charge in [0.25, 0.3) is 5.91 Å². The molecule has 3 aromatic carbocycles. The Kier molecular flexibility index (Phi) is 8.43. The SMILES string of the molecule is CC1OC1C(=O)Cc1c(F)ccc(NC(=O)c2cc(NC(=O)[C@H]3[C@H](c4ccc(F)c(C(F)(F)F)c4)C3(Cl)Cl)ccc2Cl)c1F. The number of ketones is 1. The Morgan fingerprint density at radius 1 is 0.955 bits per heavy atom. The first-order chi connectivity index (χ1) is 20.5. The van der Waals surface area contributed by atoms with Gasteiger partial charge in [-0.2, -0.15) is 13.2 Å². The van der Waals surface area contributed by atoms with Crippen LogP contribution in [0, 0.1) is 23.4 Å². The Labute approximate surface area is 260 Å². The molecule has 0 aromatic heterocycles. The predicted molar refractivity (Wildman–Crippen MR) is 150 cm³/mol. The number of amides is 2. The molecule has 0 bridgehead atoms. The normalized spacial score (nSPS) is 21.9. The Morgan fingerprint density at radius 2 is 1.61 bits per heavy atom. The number of carbonyl (C=O) groups excluding carboxylic acids is 3. The maximum absolute atomic E-state index is 15.1. The number of halogens is 9. The van der Waals surface area contributed by atoms with Gasteiger partial charge in [0.2, 0.25) is 5.91 Å². The van der Waals surface area contributed by atoms with Gasteiger partial charge in [-0.15, -0.1) is 23.2 Å². The number of alkyl halides is 5. The van der Waals surface area contributed by atoms with E-state index in [1.54, 1.807) is 6.92 Å². The van der Waals surface area contributed by atoms with Crippen LogP contribution in [-0.4, -0.2) is 34.1 Å². The van der Waals surface area contributed by atoms with E-state index in [2.05, 4.69) is 10.6 Å². The van der Waals surface area contributed by atoms with Crippen LogP contribution in [0.5, 0.6) is 0 Å². The number of hydrogen-bond donors (Lipinski definition) is 2. The first-order valence-corrected chi connectivity index (χ1v) is 13.9. The van der Waals surface area contributed by atoms with E-state index < -0.39 is 86.7 Å². The topological polar surface area (TPSA) is 87.8 Å². The minimum absolute atomic E-state index is 0.00108. The fourth-order valence-corrected chi connectivity index (χ4v) is 5.89. The van der Waals surface area contributed by atoms with E-state index in [0.717, 1.165) is 24.3 Å². The highest BCUT2D eigenvalue weighted by molar-refractivity contribution is 6.53. The summed E-state index contributed by atoms with van der Waals surface area (Å²) in [7, 11) is 0. The Morgan fingerprint density at radius 3 is 2.25 bits per heavy atom. The largest absolute Gasteiger partial charge is 0.419 e. The molecular weight excluding hydrogens is 661 g/mol. The number of carbonyl (C=O) groups is 3. The monoisotopic (exact) mass is 678 g/mol. The van der Waals surface area contributed by atoms with E-state index in [-0.39, 0.29) is 27.9 Å². The molecule has 2 unspecified atom stereocenters. The first kappa shape index (κ1) is 32.1. The average molecular weight is 680 g/mol. The summed E-state index contributed by atoms with van der Waals surface area (Å²) < 4.78 is 86.0. The molecule has 0 radical (unpaired) electrons. The number of Topliss-reactive ketones (excluding diaryl/α,β-unsaturated/α-hetero) is 1. The van der Waals surface area contributed by atoms with Crippen molar-refractivity contribution in [1.29, 1.82) is 0 Å². The standard InChI is InChI=1S/C29H19Cl3F6N2O4/c1-11-25(44-11)21(41)10-15-18(33)6-7-20(24(15)35)40-26(42)14-9-13(3-4-17(14)30)39-27(43)23-22(28(23,31)32)12-2-5-19(34)16(8-12)29(36,37)38/h2-9,11,22-23,25H,10H2,1H3,(H,39,43)(H,40,42)/t11?,22-,23+,25?/m0/s1. The molecule has 5 rings (SSSR count). The van der Waals surface area contributed by atoms with Gasteiger partial charge in [0.05, 0.1) is 33.9 Å². The van der Waals surface area contributed by atoms with Crippen LogP contribution in [0.4, 0.5) is 37.7 Å². The van der Waals surface area contributed by atoms with E-state index in [1.807, 2.05) is 0 Å². The quantitative estimate of drug-likeness (QED) is 0.147. The lowest BCUT2D eigenvalue weighted by Gasteiger charge is -2.13. The number of anilines is 2. The zero-order valence-corrected chi connectivity index (χ0v) is 24.4. The van der Waals surface area contributed by atoms with Gasteiger partial charge in [-0.1, -0.05) is 17.7 Å². The molecule has 1 heterocycles. The van der Waals surface area contributed by atoms with Crippen molar-refractivity contribution in [2.24, 2.45) is 5.92 Å². The zero-order chi connectivity index (χ0) is 32.3. The molecule has 2 fully saturated rings. The maximum Gasteiger partial charge on any atom is 0.419 e. The fourth-order valence-electron chi connectivity index (χ4n) is 4.86. The summed E-state index contributed by atoms with van der Waals surface area (Å²) in [6.07, 6.45) is -6.70. The Hall–Kier alpha value is -3.32. The highest BCUT2D eigenvalue weighted by Crippen LogP contribution is 2.65. The average Bonchev–Trinajstić information content (AvgIpc) is 3.81. The molecule has 2 amide bonds. The molecular formula is C29H19Cl3F6N2O4. The molecule has 1 aliphatic carbocycles. The van der Waals surface area contributed by atoms with Crippen molar-refractivity contribution < 1.29 is 45.5 Å². The van der Waals surface area contributed by atoms with Crippen molar-refractivity contribution in [1.82, 2.24) is 0 Å². The highest BCUT2D eigenvalue weighted by Gasteiger charge is 2.67. The van der Waals surface area contributed by atoms with Crippen LogP contribution in [0.1, 0.15) is 39.9 Å². The molecule has 3 aromatic rings. The van der Waals surface area contributed by atoms with E-state index in [9.17, 15) is 36.3 Å². The number of ether oxygens (including phenoxy) is 1. The van der Waals surface area contributed by atoms with Crippen LogP contribution in [-0.2, 0) is 26.9 Å². The second kappa shape index (κ2) is 11.6. The Balaban J connectivity index is 1.31. The second-order valence-corrected chi connectivity index (χ2v) is 12.1. The third-order valence-electron chi connectivity index (χ3n) is 7.28. The molecule has 2 N–H and O–H groups in total. The summed E-state index contributed by atoms with van der Waals surface area (Å²) in [4.78, 5) is 38.2. The van der Waals surface area contributed by atoms with Crippen LogP contribution in [0.15, 0.2) is 48.5 Å². The van der Waals surface area contributed by atoms with Crippen LogP contribution < -0.4 is 10.6 Å². The number of benzene rings is 3. The minimum atomic E-state index is -4.99. The van der Waals surface area contributed by atoms with Crippen molar-refractivity contribution in [2.45, 2.75) is 42.0 Å². The first-order valence-electron chi connectivity index (χ1n) is 12.8. The van der Waals surface area contributed by atoms with Crippen LogP contribution in [0.25, 0.3) is 0 Å². The second-order valence-electron chi connectivity index (χ2n) is 10.3. The number of hydrogen-bond acceptors (Lipinski definition) is 4. The maximum atomic E-state index is 15.1. The van der Waals surface area contributed by atoms with Gasteiger partial charge in [0.15, 0.2) is 11.6 Å². The van der Waals surface area contributed by atoms with E-state index in [1.165, 1.54) is 12.1 Å². The van der Waals surface area contributed by atoms with E-state index in [4.69, 9.17) is 39.5 Å². The van der Waals surface area contributed by atoms with Crippen molar-refractivity contribution >= 4 is 63.8 Å². The summed E-state index contributed by atoms with van der Waals surface area (Å²) in [5.74, 6) is -8.32. The lowest BCUT2D eigenvalue weighted by Crippen LogP contribution is -2.19. The van der Waals surface area contributed by atoms with Crippen LogP contribution in [0.3, 0.4) is 0 Å². The molecule has 15 heteroatoms. The third-order valence-corrected chi connectivity index (χ3v) is 8.55. The van der Waals surface area contributed by atoms with Gasteiger partial charge in [0, 0.05) is 23.6 Å². The predicted octanol–water partition coefficient (Wildman–Crippen LogP) is 7.45. The van der Waals surface area contributed by atoms with Gasteiger partial charge in [0.1, 0.15) is 22.1 Å². The van der Waals surface area contributed by atoms with Crippen LogP contribution >= 0.6 is 34.8 Å². The molecule has 1 saturated carbocycles. The third kappa shape index (κ3) is 6.26. The van der Waals surface area contributed by atoms with Crippen LogP contribution in [0.2, 0.25) is 5.02 Å². The minimum Gasteiger partial charge on any atom is -0.362 e. The molecule has 1 aliphatic heterocycles. The fraction of sp³-hybridized carbons (Fsp3) is 0.276. The summed E-state index contributed by atoms with van der Waals surface area (Å²) in [5.41, 5.74) is -2.89. The number of rotatable bonds is 8. The lowest BCUT2D eigenvalue weighted by molar-refractivity contribution is -0.140. The van der Waals surface area contributed by atoms with Crippen molar-refractivity contribution in [2.75, 3.05) is 10.6 Å². The molecule has 0 spiro atoms. The lowest BCUT2D eigenvalue weighted by atomic mass is 10.0. The molecule has 6 nitrogen and oxygen atoms in total. The molecule has 2 aliphatic rings. The van der Waals surface area contributed by atoms with Gasteiger partial charge < -0.3 is 15.4 Å². The molecule has 1 saturated heterocycles. The van der Waals surface area contributed by atoms with E-state index >= 15 is 4.39 Å². The van der Waals surface area contributed by atoms with Gasteiger partial charge in [-0.05, 0) is 55.0 Å². The van der Waals surface area contributed by atoms with Crippen molar-refractivity contribution in [3.8, 4) is 0 Å². The molecule has 4 atom stereocenters. The van der Waals surface area contributed by atoms with Gasteiger partial charge >= 0.3 is 6.18 Å². The number of epoxide rings is 1. The summed E-state index contributed by atoms with van der Waals surface area (Å²) in [6.45, 7) is 1.63. The molecule has 44 heavy (non-hydrogen) atoms. The Bertz CT molecular complexity index is 1700. The summed E-state index contributed by atoms with van der Waals surface area (Å²) >= 11 is 18.6. The smallest absolute Gasteiger partial charge is 0.362 e. The summed E-state index contributed by atoms with van der Waals surface area (Å²) in [6, 6.07) is 7.70. The zero-order valence-electron chi connectivity index (χ0n) is 22.2. The van der Waals surface area contributed by atoms with Crippen molar-refractivity contribution in [3.63, 3.8) is 0 Å². The van der Waals surface area contributed by atoms with Gasteiger partial charge in [-0.3, -0.25) is 14.4 Å².